The van der Waals surface area contributed by atoms with E-state index in [-0.39, 0.29) is 32.2 Å². The first kappa shape index (κ1) is 82.0. The van der Waals surface area contributed by atoms with E-state index in [9.17, 15) is 19.5 Å². The van der Waals surface area contributed by atoms with Crippen molar-refractivity contribution in [3.05, 3.63) is 60.8 Å². The molecule has 0 saturated heterocycles. The molecule has 0 aromatic rings. The maximum atomic E-state index is 12.9. The summed E-state index contributed by atoms with van der Waals surface area (Å²) >= 11 is 0. The van der Waals surface area contributed by atoms with E-state index in [1.54, 1.807) is 0 Å². The smallest absolute Gasteiger partial charge is 0.361 e. The molecule has 0 radical (unpaired) electrons. The van der Waals surface area contributed by atoms with Crippen molar-refractivity contribution in [2.24, 2.45) is 0 Å². The fraction of sp³-hybridized carbons (Fsp3) is 0.829. The predicted octanol–water partition coefficient (Wildman–Crippen LogP) is 22.7. The lowest BCUT2D eigenvalue weighted by Crippen LogP contribution is -2.40. The Bertz CT molecular complexity index is 1580. The molecule has 0 heterocycles. The van der Waals surface area contributed by atoms with Gasteiger partial charge in [-0.25, -0.2) is 4.79 Å². The normalized spacial score (nSPS) is 13.0. The number of carbonyl (C=O) groups is 3. The van der Waals surface area contributed by atoms with Gasteiger partial charge in [0.05, 0.1) is 34.4 Å². The molecule has 0 fully saturated rings. The maximum absolute atomic E-state index is 12.9. The minimum absolute atomic E-state index is 0.182. The number of hydrogen-bond acceptors (Lipinski definition) is 7. The summed E-state index contributed by atoms with van der Waals surface area (Å²) in [6.07, 6.45) is 85.0. The van der Waals surface area contributed by atoms with E-state index in [2.05, 4.69) is 74.6 Å². The van der Waals surface area contributed by atoms with Crippen molar-refractivity contribution in [2.75, 3.05) is 47.5 Å². The first-order chi connectivity index (χ1) is 41.6. The number of likely N-dealkylation sites (N-methyl/N-ethyl adjacent to an activating group) is 1. The quantitative estimate of drug-likeness (QED) is 0.0211. The third-order valence-electron chi connectivity index (χ3n) is 16.3. The summed E-state index contributed by atoms with van der Waals surface area (Å²) in [4.78, 5) is 37.6. The van der Waals surface area contributed by atoms with Gasteiger partial charge in [-0.1, -0.05) is 319 Å². The molecule has 2 unspecified atom stereocenters. The molecule has 496 valence electrons. The summed E-state index contributed by atoms with van der Waals surface area (Å²) in [6, 6.07) is 0. The van der Waals surface area contributed by atoms with E-state index in [0.717, 1.165) is 70.6 Å². The molecular weight excluding hydrogens is 1050 g/mol. The second kappa shape index (κ2) is 66.9. The van der Waals surface area contributed by atoms with Crippen molar-refractivity contribution in [3.8, 4) is 0 Å². The number of ether oxygens (including phenoxy) is 4. The Labute approximate surface area is 526 Å². The highest BCUT2D eigenvalue weighted by Crippen LogP contribution is 2.19. The van der Waals surface area contributed by atoms with Gasteiger partial charge in [0.1, 0.15) is 13.2 Å². The van der Waals surface area contributed by atoms with E-state index in [4.69, 9.17) is 18.9 Å². The van der Waals surface area contributed by atoms with Gasteiger partial charge in [-0.2, -0.15) is 0 Å². The van der Waals surface area contributed by atoms with E-state index >= 15 is 0 Å². The lowest BCUT2D eigenvalue weighted by molar-refractivity contribution is -0.870. The van der Waals surface area contributed by atoms with Crippen LogP contribution < -0.4 is 0 Å². The van der Waals surface area contributed by atoms with Crippen LogP contribution in [0.4, 0.5) is 0 Å². The Morgan fingerprint density at radius 3 is 1.01 bits per heavy atom. The predicted molar refractivity (Wildman–Crippen MR) is 364 cm³/mol. The average molecular weight is 1200 g/mol. The molecule has 0 aromatic carbocycles. The molecule has 0 bridgehead atoms. The molecule has 0 aliphatic carbocycles. The lowest BCUT2D eigenvalue weighted by atomic mass is 10.0. The van der Waals surface area contributed by atoms with Crippen LogP contribution in [0.5, 0.6) is 0 Å². The fourth-order valence-corrected chi connectivity index (χ4v) is 10.7. The maximum Gasteiger partial charge on any atom is 0.361 e. The third-order valence-corrected chi connectivity index (χ3v) is 16.3. The van der Waals surface area contributed by atoms with Crippen molar-refractivity contribution in [3.63, 3.8) is 0 Å². The summed E-state index contributed by atoms with van der Waals surface area (Å²) in [6.45, 7) is 4.81. The second-order valence-corrected chi connectivity index (χ2v) is 25.9. The van der Waals surface area contributed by atoms with Gasteiger partial charge in [-0.15, -0.1) is 0 Å². The van der Waals surface area contributed by atoms with Crippen LogP contribution in [0.1, 0.15) is 348 Å². The number of rotatable bonds is 68. The molecular formula is C76H140NO8+. The van der Waals surface area contributed by atoms with E-state index in [1.807, 2.05) is 21.1 Å². The molecule has 0 rings (SSSR count). The van der Waals surface area contributed by atoms with Gasteiger partial charge in [0.25, 0.3) is 6.29 Å². The zero-order valence-corrected chi connectivity index (χ0v) is 56.8. The van der Waals surface area contributed by atoms with Gasteiger partial charge in [-0.05, 0) is 77.0 Å². The molecule has 0 saturated carbocycles. The molecule has 9 heteroatoms. The highest BCUT2D eigenvalue weighted by Gasteiger charge is 2.25. The van der Waals surface area contributed by atoms with Crippen LogP contribution in [0, 0.1) is 0 Å². The number of carboxylic acid groups (broad SMARTS) is 1. The van der Waals surface area contributed by atoms with Crippen molar-refractivity contribution in [1.29, 1.82) is 0 Å². The number of unbranched alkanes of at least 4 members (excludes halogenated alkanes) is 43. The topological polar surface area (TPSA) is 108 Å². The first-order valence-corrected chi connectivity index (χ1v) is 36.5. The number of carbonyl (C=O) groups excluding carboxylic acids is 2. The number of hydrogen-bond donors (Lipinski definition) is 1. The van der Waals surface area contributed by atoms with Gasteiger partial charge in [0, 0.05) is 12.8 Å². The molecule has 9 nitrogen and oxygen atoms in total. The molecule has 2 atom stereocenters. The summed E-state index contributed by atoms with van der Waals surface area (Å²) in [5, 5.41) is 9.75. The number of nitrogens with zero attached hydrogens (tertiary/aromatic N) is 1. The summed E-state index contributed by atoms with van der Waals surface area (Å²) in [5.74, 6) is -1.99. The Morgan fingerprint density at radius 2 is 0.671 bits per heavy atom. The minimum atomic E-state index is -1.51. The van der Waals surface area contributed by atoms with Crippen LogP contribution in [0.2, 0.25) is 0 Å². The molecule has 0 aliphatic rings. The molecule has 85 heavy (non-hydrogen) atoms. The highest BCUT2D eigenvalue weighted by molar-refractivity contribution is 5.71. The number of allylic oxidation sites excluding steroid dienone is 10. The van der Waals surface area contributed by atoms with Crippen LogP contribution in [0.3, 0.4) is 0 Å². The van der Waals surface area contributed by atoms with Crippen molar-refractivity contribution < 1.29 is 42.9 Å². The lowest BCUT2D eigenvalue weighted by Gasteiger charge is -2.25. The van der Waals surface area contributed by atoms with E-state index in [1.165, 1.54) is 244 Å². The summed E-state index contributed by atoms with van der Waals surface area (Å²) < 4.78 is 23.0. The first-order valence-electron chi connectivity index (χ1n) is 36.5. The number of quaternary nitrogens is 1. The average Bonchev–Trinajstić information content (AvgIpc) is 3.49. The van der Waals surface area contributed by atoms with Crippen molar-refractivity contribution >= 4 is 17.9 Å². The standard InChI is InChI=1S/C76H139NO8/c1-6-8-10-12-14-16-18-20-22-24-26-28-30-31-32-33-34-35-36-37-38-39-40-41-42-43-45-46-48-50-52-54-56-58-60-62-64-66-73(78)83-70-72(71-84-76(75(80)81)82-69-68-77(3,4)5)85-74(79)67-65-63-61-59-57-55-53-51-49-47-44-29-27-25-23-21-19-17-15-13-11-9-7-2/h9,11,15,17,21,23-24,26-27,29,72,76H,6-8,10,12-14,16,18-20,22,25,28,30-71H2,1-5H3/p+1/b11-9-,17-15-,23-21-,26-24-,29-27-. The van der Waals surface area contributed by atoms with Crippen molar-refractivity contribution in [2.45, 2.75) is 360 Å². The van der Waals surface area contributed by atoms with E-state index < -0.39 is 24.3 Å². The Hall–Kier alpha value is -3.01. The Kier molecular flexibility index (Phi) is 64.6. The largest absolute Gasteiger partial charge is 0.477 e. The molecule has 0 aromatic heterocycles. The molecule has 0 aliphatic heterocycles. The number of aliphatic carboxylic acids is 1. The number of carboxylic acids is 1. The van der Waals surface area contributed by atoms with Gasteiger partial charge in [0.15, 0.2) is 6.10 Å². The van der Waals surface area contributed by atoms with Gasteiger partial charge < -0.3 is 28.5 Å². The zero-order valence-electron chi connectivity index (χ0n) is 56.8. The van der Waals surface area contributed by atoms with Gasteiger partial charge in [0.2, 0.25) is 0 Å². The Morgan fingerprint density at radius 1 is 0.365 bits per heavy atom. The second-order valence-electron chi connectivity index (χ2n) is 25.9. The molecule has 0 spiro atoms. The van der Waals surface area contributed by atoms with Crippen LogP contribution in [-0.2, 0) is 33.3 Å². The SMILES string of the molecule is CC/C=C\C/C=C\C/C=C\C/C=C\CCCCCCCCCCCCC(=O)OC(COC(=O)CCCCCCCCCCCCCCCCCCCCCCCCCCC/C=C\CCCCCCCCCC)COC(OCC[N+](C)(C)C)C(=O)O. The molecule has 1 N–H and O–H groups in total. The highest BCUT2D eigenvalue weighted by atomic mass is 16.7. The van der Waals surface area contributed by atoms with Crippen LogP contribution in [0.15, 0.2) is 60.8 Å². The van der Waals surface area contributed by atoms with Gasteiger partial charge >= 0.3 is 17.9 Å². The number of esters is 2. The van der Waals surface area contributed by atoms with Crippen molar-refractivity contribution in [1.82, 2.24) is 0 Å². The zero-order chi connectivity index (χ0) is 61.9. The van der Waals surface area contributed by atoms with Gasteiger partial charge in [-0.3, -0.25) is 9.59 Å². The van der Waals surface area contributed by atoms with E-state index in [0.29, 0.717) is 23.9 Å². The monoisotopic (exact) mass is 1200 g/mol. The van der Waals surface area contributed by atoms with Crippen LogP contribution in [-0.4, -0.2) is 87.4 Å². The van der Waals surface area contributed by atoms with Crippen LogP contribution in [0.25, 0.3) is 0 Å². The Balaban J connectivity index is 3.99. The summed E-state index contributed by atoms with van der Waals surface area (Å²) in [7, 11) is 5.98. The molecule has 0 amide bonds. The van der Waals surface area contributed by atoms with Crippen LogP contribution >= 0.6 is 0 Å². The minimum Gasteiger partial charge on any atom is -0.477 e. The summed E-state index contributed by atoms with van der Waals surface area (Å²) in [5.41, 5.74) is 0. The third kappa shape index (κ3) is 68.3. The fourth-order valence-electron chi connectivity index (χ4n) is 10.7.